The molecule has 1 aliphatic rings. The molecular formula is C21H23ClN4O2. The Hall–Kier alpha value is -2.73. The Balaban J connectivity index is 1.38. The lowest BCUT2D eigenvalue weighted by Gasteiger charge is -2.35. The number of hydrogen-bond acceptors (Lipinski definition) is 4. The number of benzene rings is 1. The van der Waals surface area contributed by atoms with Crippen molar-refractivity contribution >= 4 is 23.2 Å². The third-order valence-corrected chi connectivity index (χ3v) is 5.26. The van der Waals surface area contributed by atoms with Gasteiger partial charge in [0.2, 0.25) is 0 Å². The van der Waals surface area contributed by atoms with Crippen molar-refractivity contribution in [1.82, 2.24) is 14.7 Å². The number of hydrogen-bond donors (Lipinski definition) is 0. The minimum atomic E-state index is -0.0645. The van der Waals surface area contributed by atoms with Crippen molar-refractivity contribution < 1.29 is 9.21 Å². The molecule has 146 valence electrons. The maximum atomic E-state index is 12.8. The fourth-order valence-electron chi connectivity index (χ4n) is 3.56. The average Bonchev–Trinajstić information content (AvgIpc) is 3.27. The summed E-state index contributed by atoms with van der Waals surface area (Å²) in [6, 6.07) is 13.4. The van der Waals surface area contributed by atoms with Gasteiger partial charge in [-0.05, 0) is 50.2 Å². The van der Waals surface area contributed by atoms with Crippen LogP contribution in [0.2, 0.25) is 5.02 Å². The molecule has 0 saturated carbocycles. The first-order valence-electron chi connectivity index (χ1n) is 9.39. The summed E-state index contributed by atoms with van der Waals surface area (Å²) in [7, 11) is 0. The summed E-state index contributed by atoms with van der Waals surface area (Å²) in [4.78, 5) is 16.9. The predicted molar refractivity (Wildman–Crippen MR) is 109 cm³/mol. The maximum Gasteiger partial charge on any atom is 0.289 e. The molecule has 4 rings (SSSR count). The van der Waals surface area contributed by atoms with Crippen LogP contribution in [-0.4, -0.2) is 46.8 Å². The van der Waals surface area contributed by atoms with Crippen molar-refractivity contribution in [3.05, 3.63) is 70.4 Å². The Bertz CT molecular complexity index is 986. The summed E-state index contributed by atoms with van der Waals surface area (Å²) in [5.41, 5.74) is 3.13. The number of rotatable bonds is 4. The number of nitrogens with zero attached hydrogens (tertiary/aromatic N) is 4. The first-order chi connectivity index (χ1) is 13.5. The second-order valence-corrected chi connectivity index (χ2v) is 7.55. The summed E-state index contributed by atoms with van der Waals surface area (Å²) >= 11 is 6.08. The monoisotopic (exact) mass is 398 g/mol. The van der Waals surface area contributed by atoms with Gasteiger partial charge >= 0.3 is 0 Å². The SMILES string of the molecule is Cc1cc(C)n(Cc2ccc(C(=O)N3CCN(c4cccc(Cl)c4)CC3)o2)n1. The number of aryl methyl sites for hydroxylation is 2. The van der Waals surface area contributed by atoms with Crippen LogP contribution in [0.5, 0.6) is 0 Å². The molecule has 1 aliphatic heterocycles. The molecule has 1 fully saturated rings. The van der Waals surface area contributed by atoms with Crippen molar-refractivity contribution in [3.63, 3.8) is 0 Å². The van der Waals surface area contributed by atoms with Gasteiger partial charge in [-0.2, -0.15) is 5.10 Å². The lowest BCUT2D eigenvalue weighted by atomic mass is 10.2. The Morgan fingerprint density at radius 3 is 2.57 bits per heavy atom. The Kier molecular flexibility index (Phi) is 5.13. The van der Waals surface area contributed by atoms with Gasteiger partial charge in [0.15, 0.2) is 5.76 Å². The maximum absolute atomic E-state index is 12.8. The molecular weight excluding hydrogens is 376 g/mol. The molecule has 3 aromatic rings. The van der Waals surface area contributed by atoms with Crippen molar-refractivity contribution in [2.45, 2.75) is 20.4 Å². The zero-order valence-corrected chi connectivity index (χ0v) is 16.8. The molecule has 2 aromatic heterocycles. The third kappa shape index (κ3) is 3.92. The van der Waals surface area contributed by atoms with Crippen molar-refractivity contribution in [2.75, 3.05) is 31.1 Å². The molecule has 0 aliphatic carbocycles. The number of anilines is 1. The topological polar surface area (TPSA) is 54.5 Å². The fraction of sp³-hybridized carbons (Fsp3) is 0.333. The van der Waals surface area contributed by atoms with Crippen LogP contribution in [0.3, 0.4) is 0 Å². The van der Waals surface area contributed by atoms with E-state index in [0.717, 1.165) is 40.9 Å². The van der Waals surface area contributed by atoms with E-state index in [9.17, 15) is 4.79 Å². The Labute approximate surface area is 169 Å². The molecule has 0 N–H and O–H groups in total. The van der Waals surface area contributed by atoms with Gasteiger partial charge in [-0.15, -0.1) is 0 Å². The lowest BCUT2D eigenvalue weighted by molar-refractivity contribution is 0.0712. The molecule has 3 heterocycles. The van der Waals surface area contributed by atoms with Gasteiger partial charge in [-0.3, -0.25) is 9.48 Å². The predicted octanol–water partition coefficient (Wildman–Crippen LogP) is 3.76. The zero-order chi connectivity index (χ0) is 19.7. The highest BCUT2D eigenvalue weighted by atomic mass is 35.5. The smallest absolute Gasteiger partial charge is 0.289 e. The zero-order valence-electron chi connectivity index (χ0n) is 16.1. The number of amides is 1. The molecule has 0 spiro atoms. The van der Waals surface area contributed by atoms with Crippen LogP contribution in [0.4, 0.5) is 5.69 Å². The van der Waals surface area contributed by atoms with Crippen LogP contribution >= 0.6 is 11.6 Å². The van der Waals surface area contributed by atoms with Crippen LogP contribution in [0.15, 0.2) is 46.9 Å². The minimum absolute atomic E-state index is 0.0645. The standard InChI is InChI=1S/C21H23ClN4O2/c1-15-12-16(2)26(23-15)14-19-6-7-20(28-19)21(27)25-10-8-24(9-11-25)18-5-3-4-17(22)13-18/h3-7,12-13H,8-11,14H2,1-2H3. The number of aromatic nitrogens is 2. The molecule has 1 aromatic carbocycles. The Morgan fingerprint density at radius 2 is 1.89 bits per heavy atom. The molecule has 28 heavy (non-hydrogen) atoms. The van der Waals surface area contributed by atoms with Gasteiger partial charge in [-0.25, -0.2) is 0 Å². The molecule has 1 amide bonds. The van der Waals surface area contributed by atoms with Gasteiger partial charge in [0, 0.05) is 42.6 Å². The summed E-state index contributed by atoms with van der Waals surface area (Å²) in [5, 5.41) is 5.16. The largest absolute Gasteiger partial charge is 0.454 e. The van der Waals surface area contributed by atoms with Crippen LogP contribution in [0.25, 0.3) is 0 Å². The summed E-state index contributed by atoms with van der Waals surface area (Å²) in [6.07, 6.45) is 0. The summed E-state index contributed by atoms with van der Waals surface area (Å²) in [5.74, 6) is 1.05. The number of piperazine rings is 1. The minimum Gasteiger partial charge on any atom is -0.454 e. The highest BCUT2D eigenvalue weighted by Crippen LogP contribution is 2.21. The summed E-state index contributed by atoms with van der Waals surface area (Å²) in [6.45, 7) is 7.34. The molecule has 0 atom stereocenters. The van der Waals surface area contributed by atoms with Crippen LogP contribution < -0.4 is 4.90 Å². The van der Waals surface area contributed by atoms with Gasteiger partial charge in [0.25, 0.3) is 5.91 Å². The lowest BCUT2D eigenvalue weighted by Crippen LogP contribution is -2.48. The third-order valence-electron chi connectivity index (χ3n) is 5.02. The highest BCUT2D eigenvalue weighted by Gasteiger charge is 2.24. The fourth-order valence-corrected chi connectivity index (χ4v) is 3.74. The second kappa shape index (κ2) is 7.72. The van der Waals surface area contributed by atoms with Crippen molar-refractivity contribution in [2.24, 2.45) is 0 Å². The van der Waals surface area contributed by atoms with E-state index in [2.05, 4.69) is 10.00 Å². The van der Waals surface area contributed by atoms with E-state index in [-0.39, 0.29) is 5.91 Å². The van der Waals surface area contributed by atoms with Gasteiger partial charge in [0.1, 0.15) is 5.76 Å². The molecule has 6 nitrogen and oxygen atoms in total. The van der Waals surface area contributed by atoms with Crippen LogP contribution in [-0.2, 0) is 6.54 Å². The van der Waals surface area contributed by atoms with Crippen molar-refractivity contribution in [1.29, 1.82) is 0 Å². The number of carbonyl (C=O) groups excluding carboxylic acids is 1. The first-order valence-corrected chi connectivity index (χ1v) is 9.77. The van der Waals surface area contributed by atoms with E-state index in [1.54, 1.807) is 6.07 Å². The molecule has 0 bridgehead atoms. The summed E-state index contributed by atoms with van der Waals surface area (Å²) < 4.78 is 7.69. The number of carbonyl (C=O) groups is 1. The average molecular weight is 399 g/mol. The molecule has 1 saturated heterocycles. The quantitative estimate of drug-likeness (QED) is 0.671. The van der Waals surface area contributed by atoms with Crippen LogP contribution in [0, 0.1) is 13.8 Å². The molecule has 7 heteroatoms. The normalized spacial score (nSPS) is 14.5. The van der Waals surface area contributed by atoms with Gasteiger partial charge < -0.3 is 14.2 Å². The van der Waals surface area contributed by atoms with E-state index < -0.39 is 0 Å². The van der Waals surface area contributed by atoms with Gasteiger partial charge in [-0.1, -0.05) is 17.7 Å². The highest BCUT2D eigenvalue weighted by molar-refractivity contribution is 6.30. The van der Waals surface area contributed by atoms with Crippen LogP contribution in [0.1, 0.15) is 27.7 Å². The van der Waals surface area contributed by atoms with E-state index in [1.165, 1.54) is 0 Å². The number of halogens is 1. The number of furan rings is 1. The van der Waals surface area contributed by atoms with E-state index >= 15 is 0 Å². The van der Waals surface area contributed by atoms with E-state index in [4.69, 9.17) is 16.0 Å². The molecule has 0 unspecified atom stereocenters. The second-order valence-electron chi connectivity index (χ2n) is 7.11. The van der Waals surface area contributed by atoms with E-state index in [1.807, 2.05) is 59.8 Å². The first kappa shape index (κ1) is 18.6. The molecule has 0 radical (unpaired) electrons. The van der Waals surface area contributed by atoms with Crippen molar-refractivity contribution in [3.8, 4) is 0 Å². The Morgan fingerprint density at radius 1 is 1.11 bits per heavy atom. The van der Waals surface area contributed by atoms with Gasteiger partial charge in [0.05, 0.1) is 12.2 Å². The van der Waals surface area contributed by atoms with E-state index in [0.29, 0.717) is 25.4 Å².